The highest BCUT2D eigenvalue weighted by Crippen LogP contribution is 2.23. The van der Waals surface area contributed by atoms with Crippen molar-refractivity contribution in [3.05, 3.63) is 36.5 Å². The van der Waals surface area contributed by atoms with Gasteiger partial charge < -0.3 is 10.6 Å². The van der Waals surface area contributed by atoms with Crippen LogP contribution < -0.4 is 10.6 Å². The second-order valence-corrected chi connectivity index (χ2v) is 3.76. The van der Waals surface area contributed by atoms with Gasteiger partial charge in [0.25, 0.3) is 0 Å². The molecule has 6 heteroatoms. The van der Waals surface area contributed by atoms with Gasteiger partial charge in [0.2, 0.25) is 5.95 Å². The maximum absolute atomic E-state index is 4.41. The van der Waals surface area contributed by atoms with Gasteiger partial charge in [0.05, 0.1) is 11.7 Å². The monoisotopic (exact) mass is 240 g/mol. The smallest absolute Gasteiger partial charge is 0.224 e. The zero-order chi connectivity index (χ0) is 12.4. The van der Waals surface area contributed by atoms with E-state index in [1.165, 1.54) is 0 Å². The van der Waals surface area contributed by atoms with Crippen molar-refractivity contribution in [2.75, 3.05) is 17.7 Å². The lowest BCUT2D eigenvalue weighted by atomic mass is 10.2. The van der Waals surface area contributed by atoms with Crippen LogP contribution in [0.2, 0.25) is 0 Å². The summed E-state index contributed by atoms with van der Waals surface area (Å²) in [4.78, 5) is 8.81. The molecule has 18 heavy (non-hydrogen) atoms. The summed E-state index contributed by atoms with van der Waals surface area (Å²) >= 11 is 0. The highest BCUT2D eigenvalue weighted by atomic mass is 15.2. The Morgan fingerprint density at radius 2 is 2.00 bits per heavy atom. The average Bonchev–Trinajstić information content (AvgIpc) is 2.91. The van der Waals surface area contributed by atoms with Crippen molar-refractivity contribution < 1.29 is 0 Å². The number of H-pyrrole nitrogens is 1. The predicted molar refractivity (Wildman–Crippen MR) is 71.0 cm³/mol. The molecule has 6 nitrogen and oxygen atoms in total. The lowest BCUT2D eigenvalue weighted by Gasteiger charge is -2.08. The molecule has 0 radical (unpaired) electrons. The third kappa shape index (κ3) is 1.84. The van der Waals surface area contributed by atoms with E-state index in [0.29, 0.717) is 5.95 Å². The van der Waals surface area contributed by atoms with Gasteiger partial charge in [-0.1, -0.05) is 12.1 Å². The van der Waals surface area contributed by atoms with Crippen molar-refractivity contribution in [2.24, 2.45) is 0 Å². The summed E-state index contributed by atoms with van der Waals surface area (Å²) in [6.07, 6.45) is 1.69. The molecular weight excluding hydrogens is 228 g/mol. The Bertz CT molecular complexity index is 661. The number of para-hydroxylation sites is 1. The Morgan fingerprint density at radius 1 is 1.11 bits per heavy atom. The van der Waals surface area contributed by atoms with E-state index in [4.69, 9.17) is 0 Å². The first-order chi connectivity index (χ1) is 8.86. The number of anilines is 3. The van der Waals surface area contributed by atoms with Crippen LogP contribution in [0.15, 0.2) is 36.5 Å². The first-order valence-electron chi connectivity index (χ1n) is 5.58. The number of nitrogens with one attached hydrogen (secondary N) is 3. The van der Waals surface area contributed by atoms with Crippen LogP contribution >= 0.6 is 0 Å². The minimum absolute atomic E-state index is 0.579. The van der Waals surface area contributed by atoms with E-state index in [0.717, 1.165) is 22.5 Å². The van der Waals surface area contributed by atoms with Crippen LogP contribution in [0.5, 0.6) is 0 Å². The van der Waals surface area contributed by atoms with Gasteiger partial charge in [0, 0.05) is 18.5 Å². The lowest BCUT2D eigenvalue weighted by molar-refractivity contribution is 1.09. The molecule has 0 amide bonds. The van der Waals surface area contributed by atoms with Crippen LogP contribution in [0, 0.1) is 0 Å². The van der Waals surface area contributed by atoms with Gasteiger partial charge in [-0.15, -0.1) is 0 Å². The molecule has 2 aromatic heterocycles. The van der Waals surface area contributed by atoms with Crippen LogP contribution in [-0.2, 0) is 0 Å². The molecule has 2 heterocycles. The Balaban J connectivity index is 2.13. The highest BCUT2D eigenvalue weighted by molar-refractivity contribution is 5.91. The van der Waals surface area contributed by atoms with Crippen molar-refractivity contribution in [1.29, 1.82) is 0 Å². The summed E-state index contributed by atoms with van der Waals surface area (Å²) in [5.41, 5.74) is 0.888. The van der Waals surface area contributed by atoms with E-state index >= 15 is 0 Å². The predicted octanol–water partition coefficient (Wildman–Crippen LogP) is 2.14. The number of fused-ring (bicyclic) bond motifs is 1. The zero-order valence-corrected chi connectivity index (χ0v) is 9.81. The minimum Gasteiger partial charge on any atom is -0.357 e. The van der Waals surface area contributed by atoms with E-state index < -0.39 is 0 Å². The van der Waals surface area contributed by atoms with Crippen LogP contribution in [0.4, 0.5) is 17.6 Å². The van der Waals surface area contributed by atoms with Crippen LogP contribution in [0.25, 0.3) is 10.9 Å². The molecule has 3 N–H and O–H groups in total. The van der Waals surface area contributed by atoms with Gasteiger partial charge in [0.1, 0.15) is 11.6 Å². The number of aromatic amines is 1. The number of aromatic nitrogens is 4. The summed E-state index contributed by atoms with van der Waals surface area (Å²) in [7, 11) is 1.80. The number of rotatable bonds is 3. The maximum atomic E-state index is 4.41. The van der Waals surface area contributed by atoms with Crippen molar-refractivity contribution in [3.8, 4) is 0 Å². The lowest BCUT2D eigenvalue weighted by Crippen LogP contribution is -2.02. The fourth-order valence-corrected chi connectivity index (χ4v) is 1.74. The maximum Gasteiger partial charge on any atom is 0.224 e. The Morgan fingerprint density at radius 3 is 2.78 bits per heavy atom. The molecule has 0 saturated heterocycles. The second-order valence-electron chi connectivity index (χ2n) is 3.76. The Hall–Kier alpha value is -2.63. The summed E-state index contributed by atoms with van der Waals surface area (Å²) in [5, 5.41) is 13.8. The molecular formula is C12H12N6. The van der Waals surface area contributed by atoms with Gasteiger partial charge in [-0.05, 0) is 12.1 Å². The summed E-state index contributed by atoms with van der Waals surface area (Å²) in [5.74, 6) is 2.12. The normalized spacial score (nSPS) is 10.5. The molecule has 0 atom stereocenters. The van der Waals surface area contributed by atoms with Gasteiger partial charge in [0.15, 0.2) is 0 Å². The van der Waals surface area contributed by atoms with Crippen molar-refractivity contribution in [1.82, 2.24) is 20.2 Å². The van der Waals surface area contributed by atoms with Gasteiger partial charge in [-0.2, -0.15) is 10.1 Å². The molecule has 0 spiro atoms. The standard InChI is InChI=1S/C12H12N6/c1-13-12-15-9-5-3-2-4-8(9)11(17-12)16-10-6-7-14-18-10/h2-7H,1H3,(H3,13,14,15,16,17,18). The largest absolute Gasteiger partial charge is 0.357 e. The second kappa shape index (κ2) is 4.33. The van der Waals surface area contributed by atoms with E-state index in [1.807, 2.05) is 30.3 Å². The molecule has 3 aromatic rings. The van der Waals surface area contributed by atoms with Crippen molar-refractivity contribution >= 4 is 28.5 Å². The summed E-state index contributed by atoms with van der Waals surface area (Å²) in [6.45, 7) is 0. The molecule has 0 fully saturated rings. The summed E-state index contributed by atoms with van der Waals surface area (Å²) < 4.78 is 0. The molecule has 0 aliphatic carbocycles. The number of hydrogen-bond acceptors (Lipinski definition) is 5. The zero-order valence-electron chi connectivity index (χ0n) is 9.81. The molecule has 3 rings (SSSR count). The van der Waals surface area contributed by atoms with E-state index in [9.17, 15) is 0 Å². The first-order valence-corrected chi connectivity index (χ1v) is 5.58. The molecule has 90 valence electrons. The van der Waals surface area contributed by atoms with Gasteiger partial charge in [-0.25, -0.2) is 4.98 Å². The van der Waals surface area contributed by atoms with Crippen LogP contribution in [-0.4, -0.2) is 27.2 Å². The quantitative estimate of drug-likeness (QED) is 0.653. The number of hydrogen-bond donors (Lipinski definition) is 3. The molecule has 1 aromatic carbocycles. The molecule has 0 bridgehead atoms. The first kappa shape index (κ1) is 10.5. The number of benzene rings is 1. The third-order valence-electron chi connectivity index (χ3n) is 2.58. The topological polar surface area (TPSA) is 78.5 Å². The Labute approximate surface area is 103 Å². The van der Waals surface area contributed by atoms with Crippen molar-refractivity contribution in [3.63, 3.8) is 0 Å². The van der Waals surface area contributed by atoms with Crippen molar-refractivity contribution in [2.45, 2.75) is 0 Å². The van der Waals surface area contributed by atoms with Gasteiger partial charge >= 0.3 is 0 Å². The van der Waals surface area contributed by atoms with Crippen LogP contribution in [0.1, 0.15) is 0 Å². The molecule has 0 aliphatic rings. The highest BCUT2D eigenvalue weighted by Gasteiger charge is 2.07. The molecule has 0 aliphatic heterocycles. The average molecular weight is 240 g/mol. The van der Waals surface area contributed by atoms with Crippen LogP contribution in [0.3, 0.4) is 0 Å². The Kier molecular flexibility index (Phi) is 2.53. The number of nitrogens with zero attached hydrogens (tertiary/aromatic N) is 3. The van der Waals surface area contributed by atoms with E-state index in [2.05, 4.69) is 30.8 Å². The van der Waals surface area contributed by atoms with E-state index in [1.54, 1.807) is 13.2 Å². The van der Waals surface area contributed by atoms with E-state index in [-0.39, 0.29) is 0 Å². The summed E-state index contributed by atoms with van der Waals surface area (Å²) in [6, 6.07) is 9.69. The third-order valence-corrected chi connectivity index (χ3v) is 2.58. The van der Waals surface area contributed by atoms with Gasteiger partial charge in [-0.3, -0.25) is 5.10 Å². The minimum atomic E-state index is 0.579. The molecule has 0 unspecified atom stereocenters. The fourth-order valence-electron chi connectivity index (χ4n) is 1.74. The SMILES string of the molecule is CNc1nc(Nc2ccn[nH]2)c2ccccc2n1. The fraction of sp³-hybridized carbons (Fsp3) is 0.0833. The molecule has 0 saturated carbocycles.